The molecule has 58 heavy (non-hydrogen) atoms. The van der Waals surface area contributed by atoms with Crippen molar-refractivity contribution >= 4 is 72.4 Å². The monoisotopic (exact) mass is 754 g/mol. The second-order valence-electron chi connectivity index (χ2n) is 15.7. The van der Waals surface area contributed by atoms with Gasteiger partial charge in [0.1, 0.15) is 0 Å². The van der Waals surface area contributed by atoms with E-state index in [-0.39, 0.29) is 0 Å². The summed E-state index contributed by atoms with van der Waals surface area (Å²) < 4.78 is 4.87. The average Bonchev–Trinajstić information content (AvgIpc) is 3.95. The summed E-state index contributed by atoms with van der Waals surface area (Å²) >= 11 is 0. The van der Waals surface area contributed by atoms with Gasteiger partial charge in [0, 0.05) is 32.9 Å². The largest absolute Gasteiger partial charge is 0.309 e. The van der Waals surface area contributed by atoms with E-state index < -0.39 is 8.07 Å². The molecule has 0 bridgehead atoms. The van der Waals surface area contributed by atoms with Crippen molar-refractivity contribution < 1.29 is 0 Å². The smallest absolute Gasteiger partial charge is 0.179 e. The highest BCUT2D eigenvalue weighted by molar-refractivity contribution is 7.20. The molecular weight excluding hydrogens is 717 g/mol. The molecule has 11 aromatic rings. The first kappa shape index (κ1) is 33.0. The van der Waals surface area contributed by atoms with Crippen LogP contribution < -0.4 is 20.7 Å². The van der Waals surface area contributed by atoms with Crippen LogP contribution in [-0.2, 0) is 6.42 Å². The molecule has 0 spiro atoms. The SMILES string of the molecule is c1ccc(-n2c3ccccc3c3cc([Si](c4ccccc4)(c4ccccc4)c4ccc5c(c4)-c4cc(-n6c7ccccc7c7ccccc76)ccc4C5)ccc32)cc1. The summed E-state index contributed by atoms with van der Waals surface area (Å²) in [6.45, 7) is 0. The lowest BCUT2D eigenvalue weighted by Gasteiger charge is -2.35. The molecule has 0 fully saturated rings. The molecule has 0 aliphatic heterocycles. The zero-order chi connectivity index (χ0) is 38.2. The third kappa shape index (κ3) is 4.77. The second-order valence-corrected chi connectivity index (χ2v) is 19.5. The van der Waals surface area contributed by atoms with Gasteiger partial charge in [0.2, 0.25) is 0 Å². The maximum Gasteiger partial charge on any atom is 0.179 e. The number of fused-ring (bicyclic) bond motifs is 9. The molecule has 0 radical (unpaired) electrons. The molecule has 12 rings (SSSR count). The van der Waals surface area contributed by atoms with E-state index in [1.165, 1.54) is 98.0 Å². The normalized spacial score (nSPS) is 12.4. The molecule has 9 aromatic carbocycles. The summed E-state index contributed by atoms with van der Waals surface area (Å²) in [5.74, 6) is 0. The van der Waals surface area contributed by atoms with Gasteiger partial charge in [0.15, 0.2) is 8.07 Å². The summed E-state index contributed by atoms with van der Waals surface area (Å²) in [6, 6.07) is 81.9. The molecule has 2 aromatic heterocycles. The molecule has 0 amide bonds. The van der Waals surface area contributed by atoms with Gasteiger partial charge in [-0.3, -0.25) is 0 Å². The highest BCUT2D eigenvalue weighted by Crippen LogP contribution is 2.40. The first-order valence-electron chi connectivity index (χ1n) is 20.2. The number of aromatic nitrogens is 2. The van der Waals surface area contributed by atoms with Crippen LogP contribution in [0.15, 0.2) is 218 Å². The lowest BCUT2D eigenvalue weighted by atomic mass is 10.0. The molecular formula is C55H38N2Si. The van der Waals surface area contributed by atoms with E-state index in [1.54, 1.807) is 0 Å². The Kier molecular flexibility index (Phi) is 7.35. The lowest BCUT2D eigenvalue weighted by Crippen LogP contribution is -2.74. The molecule has 272 valence electrons. The number of nitrogens with zero attached hydrogens (tertiary/aromatic N) is 2. The fourth-order valence-electron chi connectivity index (χ4n) is 10.2. The van der Waals surface area contributed by atoms with Crippen molar-refractivity contribution in [2.75, 3.05) is 0 Å². The Hall–Kier alpha value is -7.20. The van der Waals surface area contributed by atoms with Gasteiger partial charge >= 0.3 is 0 Å². The van der Waals surface area contributed by atoms with Crippen LogP contribution in [0.3, 0.4) is 0 Å². The summed E-state index contributed by atoms with van der Waals surface area (Å²) in [5.41, 5.74) is 12.8. The third-order valence-corrected chi connectivity index (χ3v) is 17.4. The topological polar surface area (TPSA) is 9.86 Å². The molecule has 2 nitrogen and oxygen atoms in total. The van der Waals surface area contributed by atoms with Crippen molar-refractivity contribution in [3.05, 3.63) is 230 Å². The first-order chi connectivity index (χ1) is 28.8. The minimum atomic E-state index is -2.89. The van der Waals surface area contributed by atoms with Crippen molar-refractivity contribution in [2.24, 2.45) is 0 Å². The predicted octanol–water partition coefficient (Wildman–Crippen LogP) is 10.8. The van der Waals surface area contributed by atoms with Gasteiger partial charge in [-0.1, -0.05) is 170 Å². The fraction of sp³-hybridized carbons (Fsp3) is 0.0182. The van der Waals surface area contributed by atoms with Crippen molar-refractivity contribution in [1.29, 1.82) is 0 Å². The minimum Gasteiger partial charge on any atom is -0.309 e. The first-order valence-corrected chi connectivity index (χ1v) is 22.2. The number of hydrogen-bond acceptors (Lipinski definition) is 0. The lowest BCUT2D eigenvalue weighted by molar-refractivity contribution is 1.17. The number of rotatable bonds is 6. The van der Waals surface area contributed by atoms with Crippen molar-refractivity contribution in [1.82, 2.24) is 9.13 Å². The maximum atomic E-state index is 2.57. The minimum absolute atomic E-state index is 0.939. The van der Waals surface area contributed by atoms with E-state index in [9.17, 15) is 0 Å². The zero-order valence-corrected chi connectivity index (χ0v) is 32.9. The maximum absolute atomic E-state index is 2.89. The van der Waals surface area contributed by atoms with E-state index in [0.717, 1.165) is 6.42 Å². The van der Waals surface area contributed by atoms with Crippen molar-refractivity contribution in [2.45, 2.75) is 6.42 Å². The van der Waals surface area contributed by atoms with E-state index in [4.69, 9.17) is 0 Å². The highest BCUT2D eigenvalue weighted by atomic mass is 28.3. The van der Waals surface area contributed by atoms with Crippen LogP contribution in [-0.4, -0.2) is 17.2 Å². The Morgan fingerprint density at radius 3 is 1.33 bits per heavy atom. The molecule has 1 aliphatic rings. The van der Waals surface area contributed by atoms with Crippen LogP contribution in [0.2, 0.25) is 0 Å². The second kappa shape index (κ2) is 12.9. The van der Waals surface area contributed by atoms with Crippen molar-refractivity contribution in [3.63, 3.8) is 0 Å². The molecule has 0 saturated carbocycles. The summed E-state index contributed by atoms with van der Waals surface area (Å²) in [7, 11) is -2.89. The fourth-order valence-corrected chi connectivity index (χ4v) is 14.9. The number of hydrogen-bond donors (Lipinski definition) is 0. The Morgan fingerprint density at radius 2 is 0.724 bits per heavy atom. The van der Waals surface area contributed by atoms with Gasteiger partial charge in [-0.25, -0.2) is 0 Å². The standard InChI is InChI=1S/C55H38N2Si/c1-4-16-40(17-5-1)56-54-27-15-12-24-48(54)51-37-45(32-33-55(51)56)58(42-18-6-2-7-19-42,43-20-8-3-9-21-43)44-31-29-39-34-38-28-30-41(35-49(38)50(39)36-44)57-52-25-13-10-22-46(52)47-23-11-14-26-53(47)57/h1-33,35-37H,34H2. The van der Waals surface area contributed by atoms with Gasteiger partial charge < -0.3 is 9.13 Å². The Balaban J connectivity index is 1.11. The van der Waals surface area contributed by atoms with E-state index >= 15 is 0 Å². The van der Waals surface area contributed by atoms with E-state index in [2.05, 4.69) is 228 Å². The van der Waals surface area contributed by atoms with Gasteiger partial charge in [-0.05, 0) is 98.0 Å². The highest BCUT2D eigenvalue weighted by Gasteiger charge is 2.42. The Morgan fingerprint density at radius 1 is 0.293 bits per heavy atom. The van der Waals surface area contributed by atoms with Gasteiger partial charge in [-0.2, -0.15) is 0 Å². The summed E-state index contributed by atoms with van der Waals surface area (Å²) in [6.07, 6.45) is 0.939. The van der Waals surface area contributed by atoms with Crippen LogP contribution in [0.1, 0.15) is 11.1 Å². The Bertz CT molecular complexity index is 3270. The molecule has 0 atom stereocenters. The molecule has 1 aliphatic carbocycles. The van der Waals surface area contributed by atoms with Gasteiger partial charge in [-0.15, -0.1) is 0 Å². The Labute approximate surface area is 338 Å². The number of para-hydroxylation sites is 4. The molecule has 0 N–H and O–H groups in total. The zero-order valence-electron chi connectivity index (χ0n) is 31.9. The van der Waals surface area contributed by atoms with E-state index in [0.29, 0.717) is 0 Å². The van der Waals surface area contributed by atoms with Crippen molar-refractivity contribution in [3.8, 4) is 22.5 Å². The van der Waals surface area contributed by atoms with Crippen LogP contribution in [0.4, 0.5) is 0 Å². The number of benzene rings is 9. The molecule has 3 heteroatoms. The molecule has 0 unspecified atom stereocenters. The van der Waals surface area contributed by atoms with Gasteiger partial charge in [0.05, 0.1) is 22.1 Å². The van der Waals surface area contributed by atoms with Crippen LogP contribution in [0.5, 0.6) is 0 Å². The predicted molar refractivity (Wildman–Crippen MR) is 247 cm³/mol. The molecule has 0 saturated heterocycles. The van der Waals surface area contributed by atoms with Crippen LogP contribution >= 0.6 is 0 Å². The van der Waals surface area contributed by atoms with E-state index in [1.807, 2.05) is 0 Å². The van der Waals surface area contributed by atoms with Crippen LogP contribution in [0, 0.1) is 0 Å². The summed E-state index contributed by atoms with van der Waals surface area (Å²) in [5, 5.41) is 10.7. The van der Waals surface area contributed by atoms with Crippen LogP contribution in [0.25, 0.3) is 66.1 Å². The summed E-state index contributed by atoms with van der Waals surface area (Å²) in [4.78, 5) is 0. The quantitative estimate of drug-likeness (QED) is 0.118. The third-order valence-electron chi connectivity index (χ3n) is 12.7. The molecule has 2 heterocycles. The van der Waals surface area contributed by atoms with Gasteiger partial charge in [0.25, 0.3) is 0 Å². The average molecular weight is 755 g/mol.